The van der Waals surface area contributed by atoms with E-state index in [-0.39, 0.29) is 37.6 Å². The molecular weight excluding hydrogens is 658 g/mol. The smallest absolute Gasteiger partial charge is 0.258 e. The summed E-state index contributed by atoms with van der Waals surface area (Å²) in [5.41, 5.74) is 1.66. The first kappa shape index (κ1) is 30.9. The molecule has 4 amide bonds. The van der Waals surface area contributed by atoms with Gasteiger partial charge in [0.05, 0.1) is 29.8 Å². The molecule has 236 valence electrons. The number of rotatable bonds is 6. The molecule has 0 radical (unpaired) electrons. The Hall–Kier alpha value is -3.76. The van der Waals surface area contributed by atoms with Crippen LogP contribution in [0.1, 0.15) is 24.3 Å². The summed E-state index contributed by atoms with van der Waals surface area (Å²) in [7, 11) is 0. The minimum absolute atomic E-state index is 0.0726. The van der Waals surface area contributed by atoms with Crippen molar-refractivity contribution in [1.29, 1.82) is 0 Å². The summed E-state index contributed by atoms with van der Waals surface area (Å²) in [5.74, 6) is -5.74. The number of hydrogen-bond acceptors (Lipinski definition) is 6. The van der Waals surface area contributed by atoms with E-state index in [9.17, 15) is 23.6 Å². The Bertz CT molecular complexity index is 1800. The second-order valence-electron chi connectivity index (χ2n) is 11.9. The average Bonchev–Trinajstić information content (AvgIpc) is 3.39. The molecule has 7 rings (SSSR count). The predicted octanol–water partition coefficient (Wildman–Crippen LogP) is 5.62. The molecule has 8 nitrogen and oxygen atoms in total. The molecule has 0 bridgehead atoms. The van der Waals surface area contributed by atoms with Gasteiger partial charge in [-0.3, -0.25) is 24.1 Å². The number of carbonyl (C=O) groups excluding carboxylic acids is 4. The van der Waals surface area contributed by atoms with Crippen molar-refractivity contribution >= 4 is 69.8 Å². The van der Waals surface area contributed by atoms with Gasteiger partial charge in [0.2, 0.25) is 11.8 Å². The maximum atomic E-state index is 14.4. The quantitative estimate of drug-likeness (QED) is 0.206. The van der Waals surface area contributed by atoms with Crippen LogP contribution in [0.2, 0.25) is 5.02 Å². The number of amides is 4. The fourth-order valence-corrected chi connectivity index (χ4v) is 8.60. The van der Waals surface area contributed by atoms with Gasteiger partial charge in [-0.2, -0.15) is 0 Å². The third-order valence-electron chi connectivity index (χ3n) is 9.55. The molecule has 2 aliphatic carbocycles. The standard InChI is InChI=1S/C34H26Cl3FN2O6/c35-19-3-7-21(8-4-19)39-29(42)25-14-13-24-26(27(25)30(39)43)17-33(36)31(44)40(22-9-5-20(38)6-10-22)32(45)34(33,37)28(24)18-1-11-23(12-2-18)46-16-15-41/h1-13,25-28,41H,14-17H2/t25-,26+,27-,28-,33+,34-/m0/s1. The summed E-state index contributed by atoms with van der Waals surface area (Å²) >= 11 is 20.8. The molecule has 2 aliphatic heterocycles. The molecule has 3 aromatic carbocycles. The van der Waals surface area contributed by atoms with Gasteiger partial charge >= 0.3 is 0 Å². The van der Waals surface area contributed by atoms with Crippen molar-refractivity contribution < 1.29 is 33.4 Å². The lowest BCUT2D eigenvalue weighted by molar-refractivity contribution is -0.125. The molecule has 2 heterocycles. The number of anilines is 2. The Morgan fingerprint density at radius 3 is 2.11 bits per heavy atom. The number of imide groups is 2. The van der Waals surface area contributed by atoms with E-state index in [0.717, 1.165) is 21.9 Å². The highest BCUT2D eigenvalue weighted by Crippen LogP contribution is 2.66. The molecule has 2 saturated heterocycles. The van der Waals surface area contributed by atoms with Crippen LogP contribution in [-0.2, 0) is 19.2 Å². The predicted molar refractivity (Wildman–Crippen MR) is 170 cm³/mol. The van der Waals surface area contributed by atoms with Gasteiger partial charge in [0, 0.05) is 10.9 Å². The van der Waals surface area contributed by atoms with Crippen molar-refractivity contribution in [2.24, 2.45) is 17.8 Å². The van der Waals surface area contributed by atoms with E-state index in [1.165, 1.54) is 12.1 Å². The van der Waals surface area contributed by atoms with E-state index in [1.807, 2.05) is 6.08 Å². The first-order chi connectivity index (χ1) is 22.0. The first-order valence-electron chi connectivity index (χ1n) is 14.7. The van der Waals surface area contributed by atoms with E-state index in [4.69, 9.17) is 44.6 Å². The van der Waals surface area contributed by atoms with Crippen molar-refractivity contribution in [3.63, 3.8) is 0 Å². The Labute approximate surface area is 278 Å². The molecule has 46 heavy (non-hydrogen) atoms. The number of benzene rings is 3. The van der Waals surface area contributed by atoms with E-state index in [2.05, 4.69) is 0 Å². The van der Waals surface area contributed by atoms with Gasteiger partial charge < -0.3 is 9.84 Å². The van der Waals surface area contributed by atoms with Crippen molar-refractivity contribution in [3.05, 3.63) is 101 Å². The van der Waals surface area contributed by atoms with E-state index < -0.39 is 57.0 Å². The molecule has 1 N–H and O–H groups in total. The Balaban J connectivity index is 1.36. The van der Waals surface area contributed by atoms with Gasteiger partial charge in [0.1, 0.15) is 18.2 Å². The van der Waals surface area contributed by atoms with Gasteiger partial charge in [-0.1, -0.05) is 35.4 Å². The first-order valence-corrected chi connectivity index (χ1v) is 15.8. The number of hydrogen-bond donors (Lipinski definition) is 1. The van der Waals surface area contributed by atoms with E-state index in [0.29, 0.717) is 27.6 Å². The second-order valence-corrected chi connectivity index (χ2v) is 13.6. The fraction of sp³-hybridized carbons (Fsp3) is 0.294. The molecule has 0 aromatic heterocycles. The average molecular weight is 684 g/mol. The lowest BCUT2D eigenvalue weighted by Gasteiger charge is -2.50. The fourth-order valence-electron chi connectivity index (χ4n) is 7.54. The van der Waals surface area contributed by atoms with Crippen LogP contribution in [0.5, 0.6) is 5.75 Å². The highest BCUT2D eigenvalue weighted by atomic mass is 35.5. The highest BCUT2D eigenvalue weighted by molar-refractivity contribution is 6.58. The van der Waals surface area contributed by atoms with E-state index in [1.54, 1.807) is 48.5 Å². The van der Waals surface area contributed by atoms with Gasteiger partial charge in [0.15, 0.2) is 9.75 Å². The lowest BCUT2D eigenvalue weighted by Crippen LogP contribution is -2.60. The Morgan fingerprint density at radius 1 is 0.826 bits per heavy atom. The maximum absolute atomic E-state index is 14.4. The summed E-state index contributed by atoms with van der Waals surface area (Å²) < 4.78 is 19.4. The molecule has 3 fully saturated rings. The number of aliphatic hydroxyl groups excluding tert-OH is 1. The Kier molecular flexibility index (Phi) is 7.51. The lowest BCUT2D eigenvalue weighted by atomic mass is 9.56. The Morgan fingerprint density at radius 2 is 1.46 bits per heavy atom. The number of carbonyl (C=O) groups is 4. The van der Waals surface area contributed by atoms with Crippen LogP contribution in [0, 0.1) is 23.6 Å². The van der Waals surface area contributed by atoms with Gasteiger partial charge in [-0.25, -0.2) is 9.29 Å². The molecule has 0 unspecified atom stereocenters. The molecule has 4 aliphatic rings. The van der Waals surface area contributed by atoms with Crippen LogP contribution in [0.25, 0.3) is 0 Å². The van der Waals surface area contributed by atoms with Crippen molar-refractivity contribution in [1.82, 2.24) is 0 Å². The van der Waals surface area contributed by atoms with Crippen molar-refractivity contribution in [2.75, 3.05) is 23.0 Å². The number of halogens is 4. The summed E-state index contributed by atoms with van der Waals surface area (Å²) in [6, 6.07) is 18.0. The normalized spacial score (nSPS) is 30.2. The van der Waals surface area contributed by atoms with Gasteiger partial charge in [0.25, 0.3) is 11.8 Å². The monoisotopic (exact) mass is 682 g/mol. The van der Waals surface area contributed by atoms with Crippen LogP contribution in [0.4, 0.5) is 15.8 Å². The number of fused-ring (bicyclic) bond motifs is 4. The topological polar surface area (TPSA) is 104 Å². The number of nitrogens with zero attached hydrogens (tertiary/aromatic N) is 2. The van der Waals surface area contributed by atoms with Crippen LogP contribution < -0.4 is 14.5 Å². The van der Waals surface area contributed by atoms with Crippen LogP contribution in [-0.4, -0.2) is 51.7 Å². The largest absolute Gasteiger partial charge is 0.491 e. The minimum Gasteiger partial charge on any atom is -0.491 e. The minimum atomic E-state index is -2.04. The molecule has 1 saturated carbocycles. The summed E-state index contributed by atoms with van der Waals surface area (Å²) in [4.78, 5) is 54.6. The molecule has 6 atom stereocenters. The number of ether oxygens (including phenoxy) is 1. The highest BCUT2D eigenvalue weighted by Gasteiger charge is 2.76. The van der Waals surface area contributed by atoms with Crippen molar-refractivity contribution in [2.45, 2.75) is 28.5 Å². The zero-order valence-electron chi connectivity index (χ0n) is 24.0. The van der Waals surface area contributed by atoms with Crippen LogP contribution in [0.15, 0.2) is 84.4 Å². The SMILES string of the molecule is O=C1[C@H]2[C@H](CC=C3[C@H]2C[C@@]2(Cl)C(=O)N(c4ccc(F)cc4)C(=O)[C@@]2(Cl)[C@H]3c2ccc(OCCO)cc2)C(=O)N1c1ccc(Cl)cc1. The van der Waals surface area contributed by atoms with Crippen molar-refractivity contribution in [3.8, 4) is 5.75 Å². The second kappa shape index (κ2) is 11.2. The third kappa shape index (κ3) is 4.36. The zero-order valence-corrected chi connectivity index (χ0v) is 26.3. The number of allylic oxidation sites excluding steroid dienone is 2. The number of aliphatic hydroxyl groups is 1. The van der Waals surface area contributed by atoms with E-state index >= 15 is 0 Å². The van der Waals surface area contributed by atoms with Crippen LogP contribution >= 0.6 is 34.8 Å². The number of alkyl halides is 2. The van der Waals surface area contributed by atoms with Crippen LogP contribution in [0.3, 0.4) is 0 Å². The molecule has 12 heteroatoms. The molecule has 0 spiro atoms. The molecule has 3 aromatic rings. The third-order valence-corrected chi connectivity index (χ3v) is 11.2. The maximum Gasteiger partial charge on any atom is 0.258 e. The summed E-state index contributed by atoms with van der Waals surface area (Å²) in [6.45, 7) is -0.111. The summed E-state index contributed by atoms with van der Waals surface area (Å²) in [5, 5.41) is 9.62. The summed E-state index contributed by atoms with van der Waals surface area (Å²) in [6.07, 6.45) is 1.88. The zero-order chi connectivity index (χ0) is 32.5. The molecular formula is C34H26Cl3FN2O6. The van der Waals surface area contributed by atoms with Gasteiger partial charge in [-0.15, -0.1) is 23.2 Å². The van der Waals surface area contributed by atoms with Gasteiger partial charge in [-0.05, 0) is 85.0 Å².